The molecule has 3 unspecified atom stereocenters. The van der Waals surface area contributed by atoms with E-state index in [1.807, 2.05) is 62.3 Å². The van der Waals surface area contributed by atoms with Crippen LogP contribution in [0.1, 0.15) is 62.3 Å². The van der Waals surface area contributed by atoms with Gasteiger partial charge in [-0.25, -0.2) is 0 Å². The fourth-order valence-electron chi connectivity index (χ4n) is 1.85. The van der Waals surface area contributed by atoms with Crippen LogP contribution in [-0.2, 0) is 14.3 Å². The average Bonchev–Trinajstić information content (AvgIpc) is 2.09. The number of carbonyl (C=O) groups is 1. The monoisotopic (exact) mass is 258 g/mol. The van der Waals surface area contributed by atoms with Gasteiger partial charge in [0.25, 0.3) is 0 Å². The number of carbonyl (C=O) groups excluding carboxylic acids is 1. The molecule has 18 heavy (non-hydrogen) atoms. The summed E-state index contributed by atoms with van der Waals surface area (Å²) in [5, 5.41) is 0. The molecular weight excluding hydrogens is 228 g/mol. The van der Waals surface area contributed by atoms with Crippen LogP contribution in [0.3, 0.4) is 0 Å². The Morgan fingerprint density at radius 1 is 0.833 bits per heavy atom. The van der Waals surface area contributed by atoms with Crippen molar-refractivity contribution < 1.29 is 14.3 Å². The van der Waals surface area contributed by atoms with Crippen LogP contribution < -0.4 is 0 Å². The molecule has 0 heterocycles. The second kappa shape index (κ2) is 6.16. The van der Waals surface area contributed by atoms with Gasteiger partial charge in [0.1, 0.15) is 6.10 Å². The minimum absolute atomic E-state index is 0.0988. The van der Waals surface area contributed by atoms with Gasteiger partial charge in [0.2, 0.25) is 0 Å². The molecule has 0 rings (SSSR count). The predicted octanol–water partition coefficient (Wildman–Crippen LogP) is 3.60. The highest BCUT2D eigenvalue weighted by Gasteiger charge is 2.30. The summed E-state index contributed by atoms with van der Waals surface area (Å²) in [4.78, 5) is 12.2. The fourth-order valence-corrected chi connectivity index (χ4v) is 1.85. The van der Waals surface area contributed by atoms with E-state index in [4.69, 9.17) is 9.47 Å². The Hall–Kier alpha value is -0.410. The summed E-state index contributed by atoms with van der Waals surface area (Å²) in [5.41, 5.74) is -0.537. The summed E-state index contributed by atoms with van der Waals surface area (Å²) >= 11 is 0. The fraction of sp³-hybridized carbons (Fsp3) is 0.933. The van der Waals surface area contributed by atoms with Gasteiger partial charge < -0.3 is 9.47 Å². The third-order valence-electron chi connectivity index (χ3n) is 2.62. The van der Waals surface area contributed by atoms with E-state index in [0.29, 0.717) is 0 Å². The molecule has 0 bridgehead atoms. The van der Waals surface area contributed by atoms with Crippen molar-refractivity contribution in [1.82, 2.24) is 0 Å². The number of ether oxygens (including phenoxy) is 2. The Morgan fingerprint density at radius 2 is 1.22 bits per heavy atom. The van der Waals surface area contributed by atoms with Gasteiger partial charge in [-0.3, -0.25) is 4.79 Å². The van der Waals surface area contributed by atoms with Crippen LogP contribution in [0.25, 0.3) is 0 Å². The van der Waals surface area contributed by atoms with Gasteiger partial charge in [0.05, 0.1) is 17.3 Å². The van der Waals surface area contributed by atoms with Crippen molar-refractivity contribution in [2.24, 2.45) is 5.92 Å². The quantitative estimate of drug-likeness (QED) is 0.756. The maximum atomic E-state index is 12.2. The van der Waals surface area contributed by atoms with Crippen molar-refractivity contribution in [3.8, 4) is 0 Å². The summed E-state index contributed by atoms with van der Waals surface area (Å²) in [5.74, 6) is -0.0664. The number of hydrogen-bond donors (Lipinski definition) is 0. The summed E-state index contributed by atoms with van der Waals surface area (Å²) in [6.45, 7) is 17.5. The van der Waals surface area contributed by atoms with Crippen LogP contribution in [0, 0.1) is 5.92 Å². The lowest BCUT2D eigenvalue weighted by atomic mass is 9.96. The molecule has 0 saturated heterocycles. The number of rotatable bonds is 5. The van der Waals surface area contributed by atoms with Gasteiger partial charge in [-0.1, -0.05) is 6.92 Å². The number of Topliss-reactive ketones (excluding diaryl/α,β-unsaturated/α-hetero) is 1. The molecule has 0 aromatic carbocycles. The lowest BCUT2D eigenvalue weighted by Crippen LogP contribution is -2.40. The first kappa shape index (κ1) is 17.6. The lowest BCUT2D eigenvalue weighted by Gasteiger charge is -2.31. The zero-order valence-corrected chi connectivity index (χ0v) is 13.5. The number of hydrogen-bond acceptors (Lipinski definition) is 3. The maximum Gasteiger partial charge on any atom is 0.166 e. The molecule has 0 amide bonds. The average molecular weight is 258 g/mol. The van der Waals surface area contributed by atoms with Gasteiger partial charge >= 0.3 is 0 Å². The second-order valence-corrected chi connectivity index (χ2v) is 7.00. The third-order valence-corrected chi connectivity index (χ3v) is 2.62. The largest absolute Gasteiger partial charge is 0.372 e. The molecule has 0 radical (unpaired) electrons. The normalized spacial score (nSPS) is 18.3. The van der Waals surface area contributed by atoms with E-state index in [0.717, 1.165) is 0 Å². The molecule has 3 nitrogen and oxygen atoms in total. The Kier molecular flexibility index (Phi) is 6.02. The van der Waals surface area contributed by atoms with Crippen molar-refractivity contribution in [2.75, 3.05) is 0 Å². The third kappa shape index (κ3) is 7.12. The molecule has 0 fully saturated rings. The van der Waals surface area contributed by atoms with E-state index in [1.165, 1.54) is 0 Å². The van der Waals surface area contributed by atoms with Gasteiger partial charge in [-0.2, -0.15) is 0 Å². The van der Waals surface area contributed by atoms with Crippen LogP contribution >= 0.6 is 0 Å². The van der Waals surface area contributed by atoms with Crippen molar-refractivity contribution in [1.29, 1.82) is 0 Å². The highest BCUT2D eigenvalue weighted by atomic mass is 16.5. The van der Waals surface area contributed by atoms with Crippen LogP contribution in [-0.4, -0.2) is 29.2 Å². The van der Waals surface area contributed by atoms with Crippen LogP contribution in [0.15, 0.2) is 0 Å². The van der Waals surface area contributed by atoms with E-state index in [9.17, 15) is 4.79 Å². The SMILES string of the molecule is CC(OC(C)(C)C)C(=O)C(C)C(C)OC(C)(C)C. The second-order valence-electron chi connectivity index (χ2n) is 7.00. The summed E-state index contributed by atoms with van der Waals surface area (Å²) in [7, 11) is 0. The molecule has 3 atom stereocenters. The molecule has 0 aliphatic rings. The zero-order chi connectivity index (χ0) is 14.7. The molecule has 0 saturated carbocycles. The van der Waals surface area contributed by atoms with Gasteiger partial charge in [0, 0.05) is 5.92 Å². The first-order chi connectivity index (χ1) is 7.83. The van der Waals surface area contributed by atoms with E-state index < -0.39 is 6.10 Å². The number of ketones is 1. The van der Waals surface area contributed by atoms with Crippen molar-refractivity contribution in [2.45, 2.75) is 85.7 Å². The van der Waals surface area contributed by atoms with Crippen molar-refractivity contribution in [3.05, 3.63) is 0 Å². The predicted molar refractivity (Wildman–Crippen MR) is 74.8 cm³/mol. The van der Waals surface area contributed by atoms with E-state index in [-0.39, 0.29) is 29.0 Å². The van der Waals surface area contributed by atoms with E-state index in [1.54, 1.807) is 0 Å². The molecule has 0 aliphatic heterocycles. The summed E-state index contributed by atoms with van der Waals surface area (Å²) in [6.07, 6.45) is -0.505. The topological polar surface area (TPSA) is 35.5 Å². The molecule has 0 spiro atoms. The maximum absolute atomic E-state index is 12.2. The van der Waals surface area contributed by atoms with Crippen molar-refractivity contribution in [3.63, 3.8) is 0 Å². The van der Waals surface area contributed by atoms with Crippen LogP contribution in [0.4, 0.5) is 0 Å². The van der Waals surface area contributed by atoms with E-state index in [2.05, 4.69) is 0 Å². The summed E-state index contributed by atoms with van der Waals surface area (Å²) < 4.78 is 11.5. The van der Waals surface area contributed by atoms with E-state index >= 15 is 0 Å². The standard InChI is InChI=1S/C15H30O3/c1-10(11(2)17-14(4,5)6)13(16)12(3)18-15(7,8)9/h10-12H,1-9H3. The molecule has 0 N–H and O–H groups in total. The Labute approximate surface area is 112 Å². The molecule has 0 aromatic heterocycles. The van der Waals surface area contributed by atoms with Gasteiger partial charge in [-0.05, 0) is 55.4 Å². The van der Waals surface area contributed by atoms with Crippen LogP contribution in [0.5, 0.6) is 0 Å². The Morgan fingerprint density at radius 3 is 1.56 bits per heavy atom. The lowest BCUT2D eigenvalue weighted by molar-refractivity contribution is -0.150. The van der Waals surface area contributed by atoms with Crippen LogP contribution in [0.2, 0.25) is 0 Å². The van der Waals surface area contributed by atoms with Crippen molar-refractivity contribution >= 4 is 5.78 Å². The smallest absolute Gasteiger partial charge is 0.166 e. The first-order valence-corrected chi connectivity index (χ1v) is 6.73. The minimum Gasteiger partial charge on any atom is -0.372 e. The molecule has 0 aromatic rings. The molecular formula is C15H30O3. The zero-order valence-electron chi connectivity index (χ0n) is 13.5. The highest BCUT2D eigenvalue weighted by Crippen LogP contribution is 2.20. The highest BCUT2D eigenvalue weighted by molar-refractivity contribution is 5.85. The first-order valence-electron chi connectivity index (χ1n) is 6.73. The summed E-state index contributed by atoms with van der Waals surface area (Å²) in [6, 6.07) is 0. The Bertz CT molecular complexity index is 270. The minimum atomic E-state index is -0.397. The molecule has 108 valence electrons. The Balaban J connectivity index is 4.50. The molecule has 0 aliphatic carbocycles. The van der Waals surface area contributed by atoms with Gasteiger partial charge in [-0.15, -0.1) is 0 Å². The molecule has 3 heteroatoms. The van der Waals surface area contributed by atoms with Gasteiger partial charge in [0.15, 0.2) is 5.78 Å².